The normalized spacial score (nSPS) is 53.3. The zero-order valence-electron chi connectivity index (χ0n) is 42.7. The third-order valence-corrected chi connectivity index (χ3v) is 17.9. The van der Waals surface area contributed by atoms with Gasteiger partial charge >= 0.3 is 5.97 Å². The van der Waals surface area contributed by atoms with Crippen LogP contribution in [-0.4, -0.2) is 184 Å². The maximum atomic E-state index is 12.1. The molecule has 0 radical (unpaired) electrons. The molecule has 7 heterocycles. The Morgan fingerprint density at radius 1 is 0.687 bits per heavy atom. The number of carboxylic acids is 1. The van der Waals surface area contributed by atoms with E-state index >= 15 is 0 Å². The molecule has 7 aliphatic heterocycles. The van der Waals surface area contributed by atoms with Crippen molar-refractivity contribution in [2.75, 3.05) is 42.7 Å². The Kier molecular flexibility index (Phi) is 16.3. The highest BCUT2D eigenvalue weighted by Gasteiger charge is 2.70. The first-order chi connectivity index (χ1) is 31.6. The second-order valence-corrected chi connectivity index (χ2v) is 21.4. The van der Waals surface area contributed by atoms with Crippen molar-refractivity contribution in [2.24, 2.45) is 29.6 Å². The topological polar surface area (TPSA) is 207 Å². The van der Waals surface area contributed by atoms with Crippen molar-refractivity contribution in [3.63, 3.8) is 0 Å². The molecule has 1 spiro atoms. The lowest BCUT2D eigenvalue weighted by molar-refractivity contribution is -0.389. The highest BCUT2D eigenvalue weighted by molar-refractivity contribution is 5.73. The number of aliphatic hydroxyl groups is 2. The Balaban J connectivity index is 1.06. The Bertz CT molecular complexity index is 1680. The number of aliphatic hydroxyl groups excluding tert-OH is 1. The largest absolute Gasteiger partial charge is 0.479 e. The summed E-state index contributed by atoms with van der Waals surface area (Å²) in [5, 5.41) is 32.3. The predicted molar refractivity (Wildman–Crippen MR) is 239 cm³/mol. The molecule has 7 saturated heterocycles. The van der Waals surface area contributed by atoms with Gasteiger partial charge in [0.2, 0.25) is 11.9 Å². The van der Waals surface area contributed by atoms with E-state index in [1.807, 2.05) is 20.8 Å². The molecule has 0 aliphatic carbocycles. The summed E-state index contributed by atoms with van der Waals surface area (Å²) in [7, 11) is 9.72. The molecule has 7 rings (SSSR count). The Hall–Kier alpha value is -1.17. The number of carbonyl (C=O) groups is 1. The molecule has 0 aromatic heterocycles. The second-order valence-electron chi connectivity index (χ2n) is 21.4. The van der Waals surface area contributed by atoms with Crippen LogP contribution in [0.1, 0.15) is 114 Å². The fourth-order valence-corrected chi connectivity index (χ4v) is 13.5. The minimum Gasteiger partial charge on any atom is -0.479 e. The van der Waals surface area contributed by atoms with E-state index in [0.717, 1.165) is 32.1 Å². The van der Waals surface area contributed by atoms with Gasteiger partial charge in [0, 0.05) is 91.5 Å². The minimum absolute atomic E-state index is 0.0122. The first-order valence-corrected chi connectivity index (χ1v) is 24.8. The number of aliphatic carboxylic acids is 1. The van der Waals surface area contributed by atoms with Crippen LogP contribution in [0.2, 0.25) is 0 Å². The minimum atomic E-state index is -2.49. The number of ether oxygens (including phenoxy) is 14. The molecular formula is C49H84O18. The maximum Gasteiger partial charge on any atom is 0.338 e. The summed E-state index contributed by atoms with van der Waals surface area (Å²) in [6.45, 7) is 17.8. The van der Waals surface area contributed by atoms with Crippen LogP contribution < -0.4 is 0 Å². The quantitative estimate of drug-likeness (QED) is 0.205. The van der Waals surface area contributed by atoms with Gasteiger partial charge in [0.1, 0.15) is 11.2 Å². The van der Waals surface area contributed by atoms with Crippen LogP contribution >= 0.6 is 0 Å². The molecule has 0 aromatic carbocycles. The van der Waals surface area contributed by atoms with Crippen LogP contribution in [0.3, 0.4) is 0 Å². The standard InChI is InChI=1S/C49H84O18/c1-24-39(63-38-21-19-31(54-10)29(6)60-38)26(3)47(9,59-15)66-40(24)34-17-16-32(61-34)33-18-20-36(62-33)46(8)43(57-13)28(5)49(67-46)25(2)35(55-11)22-30(64-49)23-37-45(7,58-14)42(56-12)27(4)48(53,65-37)41(50)44(51)52/h24-43,50,53H,16-23H2,1-15H3,(H,51,52)/t24-,25+,26+,27-,28+,29+,30-,31-,32+,33-,34+,35+,36+,37-,38-,39-,40-,41-,42-,43+,45-,46+,47-,48-,49-/m0/s1. The van der Waals surface area contributed by atoms with E-state index in [1.54, 1.807) is 42.3 Å². The SMILES string of the molecule is CO[C@H]1CC[C@H](O[C@H]2[C@H](C)[C@@H]([C@H]3CC[C@H]([C@@H]4CC[C@H]([C@@]5(C)O[C@]6(O[C@H](C[C@@H]7O[C@](O)([C@@H](O)C(=O)O)[C@@H](C)[C@H](OC)[C@@]7(C)OC)C[C@@H](OC)[C@H]6C)[C@H](C)[C@H]5OC)O4)O3)O[C@](C)(OC)[C@@H]2C)O[C@@H]1C. The summed E-state index contributed by atoms with van der Waals surface area (Å²) in [5.41, 5.74) is -2.14. The number of rotatable bonds is 15. The van der Waals surface area contributed by atoms with Gasteiger partial charge < -0.3 is 81.6 Å². The summed E-state index contributed by atoms with van der Waals surface area (Å²) in [6.07, 6.45) is -2.09. The zero-order valence-corrected chi connectivity index (χ0v) is 42.7. The summed E-state index contributed by atoms with van der Waals surface area (Å²) in [6, 6.07) is 0. The van der Waals surface area contributed by atoms with E-state index in [2.05, 4.69) is 27.7 Å². The van der Waals surface area contributed by atoms with Crippen molar-refractivity contribution in [3.8, 4) is 0 Å². The fraction of sp³-hybridized carbons (Fsp3) is 0.980. The molecule has 0 amide bonds. The molecular weight excluding hydrogens is 877 g/mol. The predicted octanol–water partition coefficient (Wildman–Crippen LogP) is 4.60. The van der Waals surface area contributed by atoms with Crippen LogP contribution in [0.25, 0.3) is 0 Å². The second kappa shape index (κ2) is 20.4. The number of methoxy groups -OCH3 is 6. The van der Waals surface area contributed by atoms with Crippen molar-refractivity contribution in [1.29, 1.82) is 0 Å². The lowest BCUT2D eigenvalue weighted by Crippen LogP contribution is -2.72. The van der Waals surface area contributed by atoms with Crippen LogP contribution in [0.5, 0.6) is 0 Å². The van der Waals surface area contributed by atoms with E-state index in [-0.39, 0.29) is 91.3 Å². The molecule has 388 valence electrons. The summed E-state index contributed by atoms with van der Waals surface area (Å²) in [4.78, 5) is 12.1. The molecule has 0 saturated carbocycles. The van der Waals surface area contributed by atoms with Gasteiger partial charge in [0.15, 0.2) is 17.9 Å². The number of hydrogen-bond acceptors (Lipinski definition) is 17. The molecule has 7 fully saturated rings. The zero-order chi connectivity index (χ0) is 49.2. The van der Waals surface area contributed by atoms with E-state index in [0.29, 0.717) is 12.8 Å². The van der Waals surface area contributed by atoms with Crippen LogP contribution in [-0.2, 0) is 71.1 Å². The summed E-state index contributed by atoms with van der Waals surface area (Å²) >= 11 is 0. The van der Waals surface area contributed by atoms with Crippen LogP contribution in [0.4, 0.5) is 0 Å². The first kappa shape index (κ1) is 53.6. The maximum absolute atomic E-state index is 12.1. The average Bonchev–Trinajstić information content (AvgIpc) is 4.05. The van der Waals surface area contributed by atoms with E-state index < -0.39 is 71.0 Å². The van der Waals surface area contributed by atoms with Crippen molar-refractivity contribution < 1.29 is 86.4 Å². The number of carboxylic acid groups (broad SMARTS) is 1. The molecule has 0 aromatic rings. The monoisotopic (exact) mass is 961 g/mol. The Morgan fingerprint density at radius 2 is 1.33 bits per heavy atom. The van der Waals surface area contributed by atoms with Gasteiger partial charge in [-0.3, -0.25) is 0 Å². The van der Waals surface area contributed by atoms with Crippen molar-refractivity contribution >= 4 is 5.97 Å². The number of hydrogen-bond donors (Lipinski definition) is 3. The van der Waals surface area contributed by atoms with E-state index in [4.69, 9.17) is 66.3 Å². The highest BCUT2D eigenvalue weighted by Crippen LogP contribution is 2.57. The Labute approximate surface area is 397 Å². The van der Waals surface area contributed by atoms with Crippen LogP contribution in [0.15, 0.2) is 0 Å². The van der Waals surface area contributed by atoms with Gasteiger partial charge in [0.05, 0.1) is 79.4 Å². The van der Waals surface area contributed by atoms with E-state index in [9.17, 15) is 20.1 Å². The van der Waals surface area contributed by atoms with Crippen molar-refractivity contribution in [1.82, 2.24) is 0 Å². The van der Waals surface area contributed by atoms with Crippen LogP contribution in [0, 0.1) is 29.6 Å². The third kappa shape index (κ3) is 9.20. The molecule has 18 heteroatoms. The average molecular weight is 961 g/mol. The van der Waals surface area contributed by atoms with E-state index in [1.165, 1.54) is 14.2 Å². The first-order valence-electron chi connectivity index (χ1n) is 24.8. The van der Waals surface area contributed by atoms with Gasteiger partial charge in [-0.2, -0.15) is 0 Å². The van der Waals surface area contributed by atoms with Gasteiger partial charge in [0.25, 0.3) is 0 Å². The van der Waals surface area contributed by atoms with Gasteiger partial charge in [-0.1, -0.05) is 34.6 Å². The molecule has 18 nitrogen and oxygen atoms in total. The smallest absolute Gasteiger partial charge is 0.338 e. The fourth-order valence-electron chi connectivity index (χ4n) is 13.5. The highest BCUT2D eigenvalue weighted by atomic mass is 16.8. The van der Waals surface area contributed by atoms with Gasteiger partial charge in [-0.05, 0) is 59.8 Å². The van der Waals surface area contributed by atoms with Gasteiger partial charge in [-0.15, -0.1) is 0 Å². The van der Waals surface area contributed by atoms with Crippen molar-refractivity contribution in [3.05, 3.63) is 0 Å². The molecule has 25 atom stereocenters. The van der Waals surface area contributed by atoms with Crippen molar-refractivity contribution in [2.45, 2.75) is 234 Å². The summed E-state index contributed by atoms with van der Waals surface area (Å²) < 4.78 is 90.8. The molecule has 67 heavy (non-hydrogen) atoms. The summed E-state index contributed by atoms with van der Waals surface area (Å²) in [5.74, 6) is -7.90. The third-order valence-electron chi connectivity index (χ3n) is 17.9. The molecule has 0 bridgehead atoms. The lowest BCUT2D eigenvalue weighted by Gasteiger charge is -2.56. The molecule has 3 N–H and O–H groups in total. The molecule has 0 unspecified atom stereocenters. The lowest BCUT2D eigenvalue weighted by atomic mass is 9.73. The van der Waals surface area contributed by atoms with Gasteiger partial charge in [-0.25, -0.2) is 4.79 Å². The molecule has 7 aliphatic rings. The Morgan fingerprint density at radius 3 is 1.93 bits per heavy atom.